The highest BCUT2D eigenvalue weighted by Gasteiger charge is 2.23. The van der Waals surface area contributed by atoms with Crippen molar-refractivity contribution in [2.24, 2.45) is 0 Å². The maximum Gasteiger partial charge on any atom is 0.328 e. The number of halogens is 1. The fraction of sp³-hybridized carbons (Fsp3) is 0.400. The lowest BCUT2D eigenvalue weighted by Crippen LogP contribution is -2.45. The third-order valence-electron chi connectivity index (χ3n) is 3.16. The number of ether oxygens (including phenoxy) is 1. The molecule has 0 aromatic heterocycles. The Kier molecular flexibility index (Phi) is 4.39. The first-order valence-corrected chi connectivity index (χ1v) is 6.56. The molecule has 2 unspecified atom stereocenters. The number of hydrogen-bond acceptors (Lipinski definition) is 3. The molecule has 0 aliphatic carbocycles. The summed E-state index contributed by atoms with van der Waals surface area (Å²) >= 11 is 0. The first-order chi connectivity index (χ1) is 9.45. The van der Waals surface area contributed by atoms with Crippen molar-refractivity contribution in [3.8, 4) is 0 Å². The predicted molar refractivity (Wildman–Crippen MR) is 75.3 cm³/mol. The minimum absolute atomic E-state index is 0.0834. The second-order valence-electron chi connectivity index (χ2n) is 5.04. The van der Waals surface area contributed by atoms with Crippen LogP contribution in [-0.4, -0.2) is 36.4 Å². The van der Waals surface area contributed by atoms with Crippen molar-refractivity contribution in [2.45, 2.75) is 26.1 Å². The maximum atomic E-state index is 13.4. The summed E-state index contributed by atoms with van der Waals surface area (Å²) in [4.78, 5) is 12.7. The fourth-order valence-electron chi connectivity index (χ4n) is 2.48. The molecule has 0 amide bonds. The van der Waals surface area contributed by atoms with E-state index in [1.807, 2.05) is 13.8 Å². The van der Waals surface area contributed by atoms with Crippen molar-refractivity contribution < 1.29 is 19.0 Å². The van der Waals surface area contributed by atoms with Crippen LogP contribution in [-0.2, 0) is 9.53 Å². The molecule has 20 heavy (non-hydrogen) atoms. The largest absolute Gasteiger partial charge is 0.478 e. The number of carbonyl (C=O) groups is 1. The predicted octanol–water partition coefficient (Wildman–Crippen LogP) is 2.54. The molecule has 1 aromatic carbocycles. The second kappa shape index (κ2) is 6.05. The third-order valence-corrected chi connectivity index (χ3v) is 3.16. The van der Waals surface area contributed by atoms with E-state index in [0.29, 0.717) is 18.7 Å². The minimum Gasteiger partial charge on any atom is -0.478 e. The van der Waals surface area contributed by atoms with Gasteiger partial charge in [-0.3, -0.25) is 0 Å². The van der Waals surface area contributed by atoms with E-state index in [0.717, 1.165) is 11.8 Å². The van der Waals surface area contributed by atoms with Crippen molar-refractivity contribution in [1.29, 1.82) is 0 Å². The number of nitrogens with zero attached hydrogens (tertiary/aromatic N) is 1. The molecule has 1 aliphatic heterocycles. The molecule has 0 spiro atoms. The summed E-state index contributed by atoms with van der Waals surface area (Å²) in [5.41, 5.74) is 1.39. The van der Waals surface area contributed by atoms with Gasteiger partial charge in [-0.05, 0) is 38.1 Å². The van der Waals surface area contributed by atoms with E-state index in [1.165, 1.54) is 18.2 Å². The topological polar surface area (TPSA) is 49.8 Å². The van der Waals surface area contributed by atoms with Crippen LogP contribution in [0.1, 0.15) is 19.4 Å². The summed E-state index contributed by atoms with van der Waals surface area (Å²) in [6.45, 7) is 5.37. The minimum atomic E-state index is -1.05. The normalized spacial score (nSPS) is 23.2. The Morgan fingerprint density at radius 1 is 1.40 bits per heavy atom. The van der Waals surface area contributed by atoms with Gasteiger partial charge in [-0.2, -0.15) is 0 Å². The molecule has 2 rings (SSSR count). The van der Waals surface area contributed by atoms with Crippen LogP contribution in [0.4, 0.5) is 10.1 Å². The Morgan fingerprint density at radius 3 is 2.65 bits per heavy atom. The molecule has 1 saturated heterocycles. The van der Waals surface area contributed by atoms with Crippen LogP contribution in [0.25, 0.3) is 6.08 Å². The Balaban J connectivity index is 2.32. The zero-order chi connectivity index (χ0) is 14.7. The smallest absolute Gasteiger partial charge is 0.328 e. The Morgan fingerprint density at radius 2 is 2.05 bits per heavy atom. The van der Waals surface area contributed by atoms with Crippen LogP contribution in [0.3, 0.4) is 0 Å². The lowest BCUT2D eigenvalue weighted by atomic mass is 10.1. The molecule has 2 atom stereocenters. The van der Waals surface area contributed by atoms with E-state index in [1.54, 1.807) is 6.07 Å². The highest BCUT2D eigenvalue weighted by Crippen LogP contribution is 2.26. The van der Waals surface area contributed by atoms with Gasteiger partial charge in [0.05, 0.1) is 12.2 Å². The van der Waals surface area contributed by atoms with E-state index in [4.69, 9.17) is 9.84 Å². The Labute approximate surface area is 117 Å². The lowest BCUT2D eigenvalue weighted by Gasteiger charge is -2.37. The number of aliphatic carboxylic acids is 1. The molecule has 0 bridgehead atoms. The van der Waals surface area contributed by atoms with Gasteiger partial charge < -0.3 is 14.7 Å². The van der Waals surface area contributed by atoms with E-state index >= 15 is 0 Å². The van der Waals surface area contributed by atoms with Gasteiger partial charge in [0.2, 0.25) is 0 Å². The van der Waals surface area contributed by atoms with Gasteiger partial charge in [0, 0.05) is 30.4 Å². The van der Waals surface area contributed by atoms with Crippen molar-refractivity contribution >= 4 is 17.7 Å². The van der Waals surface area contributed by atoms with Gasteiger partial charge in [0.1, 0.15) is 5.82 Å². The average molecular weight is 279 g/mol. The SMILES string of the molecule is CC1CN(c2ccc(F)cc2/C=C/C(=O)O)CC(C)O1. The summed E-state index contributed by atoms with van der Waals surface area (Å²) in [5, 5.41) is 8.72. The molecule has 108 valence electrons. The van der Waals surface area contributed by atoms with Crippen LogP contribution in [0, 0.1) is 5.82 Å². The van der Waals surface area contributed by atoms with E-state index in [9.17, 15) is 9.18 Å². The zero-order valence-electron chi connectivity index (χ0n) is 11.5. The monoisotopic (exact) mass is 279 g/mol. The number of anilines is 1. The van der Waals surface area contributed by atoms with Crippen molar-refractivity contribution in [2.75, 3.05) is 18.0 Å². The van der Waals surface area contributed by atoms with E-state index in [2.05, 4.69) is 4.90 Å². The fourth-order valence-corrected chi connectivity index (χ4v) is 2.48. The van der Waals surface area contributed by atoms with Gasteiger partial charge in [0.15, 0.2) is 0 Å². The highest BCUT2D eigenvalue weighted by molar-refractivity contribution is 5.87. The van der Waals surface area contributed by atoms with Crippen LogP contribution in [0.5, 0.6) is 0 Å². The van der Waals surface area contributed by atoms with Crippen LogP contribution >= 0.6 is 0 Å². The molecule has 1 N–H and O–H groups in total. The number of benzene rings is 1. The molecular formula is C15H18FNO3. The second-order valence-corrected chi connectivity index (χ2v) is 5.04. The van der Waals surface area contributed by atoms with Crippen molar-refractivity contribution in [3.63, 3.8) is 0 Å². The van der Waals surface area contributed by atoms with Crippen LogP contribution < -0.4 is 4.90 Å². The molecule has 0 saturated carbocycles. The van der Waals surface area contributed by atoms with Crippen LogP contribution in [0.2, 0.25) is 0 Å². The van der Waals surface area contributed by atoms with Crippen molar-refractivity contribution in [1.82, 2.24) is 0 Å². The molecule has 5 heteroatoms. The number of carboxylic acid groups (broad SMARTS) is 1. The Bertz CT molecular complexity index is 520. The summed E-state index contributed by atoms with van der Waals surface area (Å²) in [6.07, 6.45) is 2.61. The summed E-state index contributed by atoms with van der Waals surface area (Å²) < 4.78 is 19.0. The first-order valence-electron chi connectivity index (χ1n) is 6.56. The standard InChI is InChI=1S/C15H18FNO3/c1-10-8-17(9-11(2)20-10)14-5-4-13(16)7-12(14)3-6-15(18)19/h3-7,10-11H,8-9H2,1-2H3,(H,18,19)/b6-3+. The number of hydrogen-bond donors (Lipinski definition) is 1. The van der Waals surface area contributed by atoms with Gasteiger partial charge in [-0.25, -0.2) is 9.18 Å². The summed E-state index contributed by atoms with van der Waals surface area (Å²) in [7, 11) is 0. The number of rotatable bonds is 3. The quantitative estimate of drug-likeness (QED) is 0.864. The Hall–Kier alpha value is -1.88. The molecular weight excluding hydrogens is 261 g/mol. The molecule has 1 fully saturated rings. The number of morpholine rings is 1. The summed E-state index contributed by atoms with van der Waals surface area (Å²) in [5.74, 6) is -1.43. The van der Waals surface area contributed by atoms with Gasteiger partial charge in [-0.1, -0.05) is 0 Å². The molecule has 1 aromatic rings. The maximum absolute atomic E-state index is 13.4. The zero-order valence-corrected chi connectivity index (χ0v) is 11.5. The van der Waals surface area contributed by atoms with Gasteiger partial charge >= 0.3 is 5.97 Å². The average Bonchev–Trinajstić information content (AvgIpc) is 2.35. The van der Waals surface area contributed by atoms with E-state index in [-0.39, 0.29) is 18.0 Å². The highest BCUT2D eigenvalue weighted by atomic mass is 19.1. The summed E-state index contributed by atoms with van der Waals surface area (Å²) in [6, 6.07) is 4.42. The van der Waals surface area contributed by atoms with Gasteiger partial charge in [0.25, 0.3) is 0 Å². The van der Waals surface area contributed by atoms with Crippen molar-refractivity contribution in [3.05, 3.63) is 35.7 Å². The molecule has 1 aliphatic rings. The van der Waals surface area contributed by atoms with E-state index < -0.39 is 5.97 Å². The molecule has 4 nitrogen and oxygen atoms in total. The van der Waals surface area contributed by atoms with Gasteiger partial charge in [-0.15, -0.1) is 0 Å². The third kappa shape index (κ3) is 3.57. The molecule has 0 radical (unpaired) electrons. The van der Waals surface area contributed by atoms with Crippen LogP contribution in [0.15, 0.2) is 24.3 Å². The number of carboxylic acids is 1. The molecule has 1 heterocycles. The lowest BCUT2D eigenvalue weighted by molar-refractivity contribution is -0.131. The first kappa shape index (κ1) is 14.5.